The van der Waals surface area contributed by atoms with Crippen LogP contribution in [0, 0.1) is 0 Å². The minimum Gasteiger partial charge on any atom is -0.444 e. The van der Waals surface area contributed by atoms with Crippen molar-refractivity contribution in [2.75, 3.05) is 6.54 Å². The Morgan fingerprint density at radius 3 is 1.48 bits per heavy atom. The number of ether oxygens (including phenoxy) is 2. The fraction of sp³-hybridized carbons (Fsp3) is 0.543. The van der Waals surface area contributed by atoms with Crippen LogP contribution in [-0.2, 0) is 19.1 Å². The van der Waals surface area contributed by atoms with Gasteiger partial charge in [0.25, 0.3) is 0 Å². The first-order chi connectivity index (χ1) is 20.7. The van der Waals surface area contributed by atoms with E-state index in [1.54, 1.807) is 53.7 Å². The first kappa shape index (κ1) is 36.3. The maximum atomic E-state index is 13.0. The topological polar surface area (TPSA) is 123 Å². The van der Waals surface area contributed by atoms with Gasteiger partial charge in [0.05, 0.1) is 0 Å². The van der Waals surface area contributed by atoms with E-state index in [0.29, 0.717) is 18.5 Å². The van der Waals surface area contributed by atoms with Crippen molar-refractivity contribution in [3.8, 4) is 0 Å². The Morgan fingerprint density at radius 1 is 0.591 bits per heavy atom. The molecule has 0 saturated carbocycles. The van der Waals surface area contributed by atoms with Crippen molar-refractivity contribution in [2.45, 2.75) is 116 Å². The zero-order chi connectivity index (χ0) is 32.6. The molecule has 0 radical (unpaired) electrons. The zero-order valence-electron chi connectivity index (χ0n) is 27.2. The Bertz CT molecular complexity index is 1080. The molecule has 44 heavy (non-hydrogen) atoms. The molecule has 3 N–H and O–H groups in total. The summed E-state index contributed by atoms with van der Waals surface area (Å²) >= 11 is 0. The highest BCUT2D eigenvalue weighted by Crippen LogP contribution is 2.20. The summed E-state index contributed by atoms with van der Waals surface area (Å²) in [5.74, 6) is -0.311. The number of alkyl carbamates (subject to hydrolysis) is 2. The van der Waals surface area contributed by atoms with Crippen molar-refractivity contribution in [3.63, 3.8) is 0 Å². The lowest BCUT2D eigenvalue weighted by Gasteiger charge is -2.23. The monoisotopic (exact) mass is 609 g/mol. The second-order valence-electron chi connectivity index (χ2n) is 13.0. The molecule has 2 atom stereocenters. The number of amides is 3. The van der Waals surface area contributed by atoms with Gasteiger partial charge in [-0.2, -0.15) is 0 Å². The molecule has 0 aliphatic rings. The average molecular weight is 610 g/mol. The second-order valence-corrected chi connectivity index (χ2v) is 13.0. The Balaban J connectivity index is 1.68. The number of ketones is 1. The highest BCUT2D eigenvalue weighted by molar-refractivity contribution is 5.88. The number of carbonyl (C=O) groups is 4. The third-order valence-electron chi connectivity index (χ3n) is 6.57. The van der Waals surface area contributed by atoms with Crippen molar-refractivity contribution < 1.29 is 28.7 Å². The average Bonchev–Trinajstić information content (AvgIpc) is 2.94. The summed E-state index contributed by atoms with van der Waals surface area (Å²) in [6.45, 7) is 11.2. The van der Waals surface area contributed by atoms with Crippen LogP contribution in [0.1, 0.15) is 116 Å². The van der Waals surface area contributed by atoms with Crippen molar-refractivity contribution in [3.05, 3.63) is 71.8 Å². The van der Waals surface area contributed by atoms with E-state index in [2.05, 4.69) is 16.0 Å². The lowest BCUT2D eigenvalue weighted by molar-refractivity contribution is -0.123. The van der Waals surface area contributed by atoms with E-state index >= 15 is 0 Å². The van der Waals surface area contributed by atoms with Gasteiger partial charge in [-0.3, -0.25) is 9.59 Å². The standard InChI is InChI=1S/C35H51N3O6/c1-34(2,3)43-32(41)37-29(26-20-14-12-15-21-26)28(39)24-18-10-8-7-9-11-19-25-36-31(40)30(27-22-16-13-17-23-27)38-33(42)44-35(4,5)6/h12-17,20-23,29-30H,7-11,18-19,24-25H2,1-6H3,(H,36,40)(H,37,41)(H,38,42)/t29-,30-/m0/s1. The van der Waals surface area contributed by atoms with Gasteiger partial charge < -0.3 is 25.4 Å². The van der Waals surface area contributed by atoms with Gasteiger partial charge in [0.15, 0.2) is 5.78 Å². The van der Waals surface area contributed by atoms with Crippen LogP contribution in [0.5, 0.6) is 0 Å². The third kappa shape index (κ3) is 15.0. The summed E-state index contributed by atoms with van der Waals surface area (Å²) in [5, 5.41) is 8.37. The smallest absolute Gasteiger partial charge is 0.408 e. The Kier molecular flexibility index (Phi) is 14.9. The van der Waals surface area contributed by atoms with Crippen molar-refractivity contribution in [2.24, 2.45) is 0 Å². The summed E-state index contributed by atoms with van der Waals surface area (Å²) in [4.78, 5) is 50.7. The Hall–Kier alpha value is -3.88. The van der Waals surface area contributed by atoms with Crippen molar-refractivity contribution in [1.82, 2.24) is 16.0 Å². The third-order valence-corrected chi connectivity index (χ3v) is 6.57. The molecular formula is C35H51N3O6. The molecule has 0 bridgehead atoms. The van der Waals surface area contributed by atoms with Gasteiger partial charge in [-0.1, -0.05) is 92.8 Å². The van der Waals surface area contributed by atoms with Crippen molar-refractivity contribution >= 4 is 23.9 Å². The van der Waals surface area contributed by atoms with Crippen LogP contribution >= 0.6 is 0 Å². The van der Waals surface area contributed by atoms with Gasteiger partial charge in [-0.05, 0) is 65.5 Å². The van der Waals surface area contributed by atoms with Gasteiger partial charge in [-0.15, -0.1) is 0 Å². The molecular weight excluding hydrogens is 558 g/mol. The van der Waals surface area contributed by atoms with Crippen molar-refractivity contribution in [1.29, 1.82) is 0 Å². The molecule has 2 aromatic rings. The normalized spacial score (nSPS) is 12.9. The largest absolute Gasteiger partial charge is 0.444 e. The quantitative estimate of drug-likeness (QED) is 0.171. The summed E-state index contributed by atoms with van der Waals surface area (Å²) in [6.07, 6.45) is 5.65. The first-order valence-electron chi connectivity index (χ1n) is 15.6. The van der Waals surface area contributed by atoms with E-state index in [1.807, 2.05) is 48.5 Å². The van der Waals surface area contributed by atoms with Gasteiger partial charge >= 0.3 is 12.2 Å². The molecule has 0 fully saturated rings. The number of benzene rings is 2. The minimum absolute atomic E-state index is 0.0345. The summed E-state index contributed by atoms with van der Waals surface area (Å²) in [5.41, 5.74) is 0.112. The molecule has 0 spiro atoms. The number of hydrogen-bond donors (Lipinski definition) is 3. The van der Waals surface area contributed by atoms with Gasteiger partial charge in [0.1, 0.15) is 23.3 Å². The van der Waals surface area contributed by atoms with Crippen LogP contribution in [0.25, 0.3) is 0 Å². The lowest BCUT2D eigenvalue weighted by atomic mass is 9.98. The van der Waals surface area contributed by atoms with Gasteiger partial charge in [0, 0.05) is 13.0 Å². The molecule has 242 valence electrons. The second kappa shape index (κ2) is 18.0. The molecule has 9 nitrogen and oxygen atoms in total. The van der Waals surface area contributed by atoms with Crippen LogP contribution in [0.3, 0.4) is 0 Å². The molecule has 0 saturated heterocycles. The molecule has 3 amide bonds. The van der Waals surface area contributed by atoms with Crippen LogP contribution < -0.4 is 16.0 Å². The SMILES string of the molecule is CC(C)(C)OC(=O)N[C@H](C(=O)CCCCCCCCCNC(=O)[C@@H](NC(=O)OC(C)(C)C)c1ccccc1)c1ccccc1. The predicted molar refractivity (Wildman–Crippen MR) is 172 cm³/mol. The van der Waals surface area contributed by atoms with Gasteiger partial charge in [0.2, 0.25) is 5.91 Å². The Morgan fingerprint density at radius 2 is 1.00 bits per heavy atom. The lowest BCUT2D eigenvalue weighted by Crippen LogP contribution is -2.42. The molecule has 2 rings (SSSR count). The highest BCUT2D eigenvalue weighted by atomic mass is 16.6. The number of unbranched alkanes of at least 4 members (excludes halogenated alkanes) is 6. The van der Waals surface area contributed by atoms with E-state index < -0.39 is 35.5 Å². The molecule has 0 aliphatic carbocycles. The maximum Gasteiger partial charge on any atom is 0.408 e. The fourth-order valence-electron chi connectivity index (χ4n) is 4.56. The molecule has 0 unspecified atom stereocenters. The number of nitrogens with one attached hydrogen (secondary N) is 3. The van der Waals surface area contributed by atoms with E-state index in [0.717, 1.165) is 50.5 Å². The molecule has 0 aliphatic heterocycles. The Labute approximate surface area is 262 Å². The van der Waals surface area contributed by atoms with Crippen LogP contribution in [0.15, 0.2) is 60.7 Å². The van der Waals surface area contributed by atoms with E-state index in [9.17, 15) is 19.2 Å². The summed E-state index contributed by atoms with van der Waals surface area (Å²) in [7, 11) is 0. The highest BCUT2D eigenvalue weighted by Gasteiger charge is 2.26. The first-order valence-corrected chi connectivity index (χ1v) is 15.6. The van der Waals surface area contributed by atoms with Gasteiger partial charge in [-0.25, -0.2) is 9.59 Å². The number of Topliss-reactive ketones (excluding diaryl/α,β-unsaturated/α-hetero) is 1. The molecule has 2 aromatic carbocycles. The fourth-order valence-corrected chi connectivity index (χ4v) is 4.56. The molecule has 9 heteroatoms. The zero-order valence-corrected chi connectivity index (χ0v) is 27.2. The van der Waals surface area contributed by atoms with E-state index in [4.69, 9.17) is 9.47 Å². The number of hydrogen-bond acceptors (Lipinski definition) is 6. The predicted octanol–water partition coefficient (Wildman–Crippen LogP) is 7.32. The molecule has 0 heterocycles. The number of rotatable bonds is 16. The summed E-state index contributed by atoms with van der Waals surface area (Å²) in [6, 6.07) is 16.8. The minimum atomic E-state index is -0.838. The summed E-state index contributed by atoms with van der Waals surface area (Å²) < 4.78 is 10.7. The van der Waals surface area contributed by atoms with Crippen LogP contribution in [0.4, 0.5) is 9.59 Å². The van der Waals surface area contributed by atoms with Crippen LogP contribution in [0.2, 0.25) is 0 Å². The van der Waals surface area contributed by atoms with E-state index in [-0.39, 0.29) is 11.7 Å². The maximum absolute atomic E-state index is 13.0. The molecule has 0 aromatic heterocycles. The number of carbonyl (C=O) groups excluding carboxylic acids is 4. The van der Waals surface area contributed by atoms with Crippen LogP contribution in [-0.4, -0.2) is 41.6 Å². The van der Waals surface area contributed by atoms with E-state index in [1.165, 1.54) is 0 Å².